The van der Waals surface area contributed by atoms with Crippen LogP contribution in [0.2, 0.25) is 5.02 Å². The number of guanidine groups is 1. The average Bonchev–Trinajstić information content (AvgIpc) is 3.31. The first-order valence-corrected chi connectivity index (χ1v) is 12.2. The number of nitrogens with zero attached hydrogens (tertiary/aromatic N) is 6. The van der Waals surface area contributed by atoms with E-state index >= 15 is 0 Å². The average molecular weight is 474 g/mol. The lowest BCUT2D eigenvalue weighted by Gasteiger charge is -2.33. The lowest BCUT2D eigenvalue weighted by molar-refractivity contribution is 0.131. The third-order valence-electron chi connectivity index (χ3n) is 6.53. The quantitative estimate of drug-likeness (QED) is 0.502. The van der Waals surface area contributed by atoms with Crippen LogP contribution in [-0.2, 0) is 6.54 Å². The van der Waals surface area contributed by atoms with E-state index in [2.05, 4.69) is 31.7 Å². The summed E-state index contributed by atoms with van der Waals surface area (Å²) in [5, 5.41) is 0.0899. The molecule has 1 saturated heterocycles. The Balaban J connectivity index is 1.57. The maximum absolute atomic E-state index is 14.2. The number of likely N-dealkylation sites (N-methyl/N-ethyl adjacent to an activating group) is 1. The molecule has 0 spiro atoms. The van der Waals surface area contributed by atoms with Gasteiger partial charge in [-0.05, 0) is 50.6 Å². The lowest BCUT2D eigenvalue weighted by Crippen LogP contribution is -2.45. The largest absolute Gasteiger partial charge is 0.369 e. The second-order valence-electron chi connectivity index (χ2n) is 8.89. The van der Waals surface area contributed by atoms with Crippen molar-refractivity contribution in [1.29, 1.82) is 0 Å². The molecule has 2 N–H and O–H groups in total. The van der Waals surface area contributed by atoms with Gasteiger partial charge in [0.25, 0.3) is 5.95 Å². The number of aliphatic imine (C=N–C) groups is 1. The molecule has 9 heteroatoms. The molecule has 2 heterocycles. The summed E-state index contributed by atoms with van der Waals surface area (Å²) in [6, 6.07) is 6.92. The number of piperazine rings is 1. The lowest BCUT2D eigenvalue weighted by atomic mass is 10.2. The van der Waals surface area contributed by atoms with Gasteiger partial charge in [0.15, 0.2) is 0 Å². The molecule has 0 atom stereocenters. The maximum Gasteiger partial charge on any atom is 0.253 e. The van der Waals surface area contributed by atoms with Crippen molar-refractivity contribution in [2.24, 2.45) is 10.7 Å². The van der Waals surface area contributed by atoms with Gasteiger partial charge < -0.3 is 15.5 Å². The van der Waals surface area contributed by atoms with E-state index in [0.29, 0.717) is 11.6 Å². The van der Waals surface area contributed by atoms with Crippen LogP contribution in [0.25, 0.3) is 0 Å². The smallest absolute Gasteiger partial charge is 0.253 e. The van der Waals surface area contributed by atoms with Gasteiger partial charge >= 0.3 is 0 Å². The minimum absolute atomic E-state index is 0.0899. The SMILES string of the molecule is CCN1CCN(Cc2cc(C)nc(/N=C(\N)N(c3ccc(Cl)c(F)c3)C3CCCC3)n2)CC1. The number of nitrogens with two attached hydrogens (primary N) is 1. The summed E-state index contributed by atoms with van der Waals surface area (Å²) < 4.78 is 14.2. The van der Waals surface area contributed by atoms with E-state index in [1.165, 1.54) is 6.07 Å². The molecule has 2 aromatic rings. The Bertz CT molecular complexity index is 985. The molecule has 1 aliphatic heterocycles. The number of hydrogen-bond donors (Lipinski definition) is 1. The number of hydrogen-bond acceptors (Lipinski definition) is 5. The predicted molar refractivity (Wildman–Crippen MR) is 132 cm³/mol. The minimum Gasteiger partial charge on any atom is -0.369 e. The van der Waals surface area contributed by atoms with Gasteiger partial charge in [0.1, 0.15) is 5.82 Å². The van der Waals surface area contributed by atoms with Gasteiger partial charge in [-0.1, -0.05) is 31.4 Å². The molecule has 2 fully saturated rings. The van der Waals surface area contributed by atoms with Gasteiger partial charge in [0, 0.05) is 50.1 Å². The molecule has 1 aliphatic carbocycles. The van der Waals surface area contributed by atoms with Gasteiger partial charge in [-0.25, -0.2) is 14.4 Å². The Morgan fingerprint density at radius 2 is 1.85 bits per heavy atom. The number of aryl methyl sites for hydroxylation is 1. The molecule has 0 unspecified atom stereocenters. The summed E-state index contributed by atoms with van der Waals surface area (Å²) in [4.78, 5) is 20.5. The topological polar surface area (TPSA) is 73.9 Å². The van der Waals surface area contributed by atoms with E-state index in [1.54, 1.807) is 12.1 Å². The summed E-state index contributed by atoms with van der Waals surface area (Å²) in [5.41, 5.74) is 8.92. The molecule has 1 aromatic heterocycles. The van der Waals surface area contributed by atoms with Crippen LogP contribution in [0, 0.1) is 12.7 Å². The van der Waals surface area contributed by atoms with Crippen molar-refractivity contribution in [3.05, 3.63) is 46.5 Å². The van der Waals surface area contributed by atoms with Gasteiger partial charge in [-0.2, -0.15) is 4.99 Å². The van der Waals surface area contributed by atoms with Crippen molar-refractivity contribution in [3.63, 3.8) is 0 Å². The zero-order valence-corrected chi connectivity index (χ0v) is 20.2. The molecule has 2 aliphatic rings. The Kier molecular flexibility index (Phi) is 7.78. The fraction of sp³-hybridized carbons (Fsp3) is 0.542. The van der Waals surface area contributed by atoms with E-state index in [0.717, 1.165) is 76.3 Å². The van der Waals surface area contributed by atoms with Gasteiger partial charge in [0.2, 0.25) is 5.96 Å². The molecule has 33 heavy (non-hydrogen) atoms. The zero-order chi connectivity index (χ0) is 23.4. The number of benzene rings is 1. The zero-order valence-electron chi connectivity index (χ0n) is 19.5. The maximum atomic E-state index is 14.2. The summed E-state index contributed by atoms with van der Waals surface area (Å²) in [7, 11) is 0. The summed E-state index contributed by atoms with van der Waals surface area (Å²) >= 11 is 5.90. The van der Waals surface area contributed by atoms with E-state index in [-0.39, 0.29) is 17.0 Å². The molecular formula is C24H33ClFN7. The highest BCUT2D eigenvalue weighted by molar-refractivity contribution is 6.30. The number of halogens is 2. The van der Waals surface area contributed by atoms with E-state index < -0.39 is 5.82 Å². The number of anilines is 1. The van der Waals surface area contributed by atoms with Gasteiger partial charge in [0.05, 0.1) is 10.7 Å². The molecule has 178 valence electrons. The molecule has 1 saturated carbocycles. The molecule has 0 amide bonds. The first-order chi connectivity index (χ1) is 15.9. The van der Waals surface area contributed by atoms with Gasteiger partial charge in [-0.15, -0.1) is 0 Å². The fourth-order valence-corrected chi connectivity index (χ4v) is 4.84. The molecule has 7 nitrogen and oxygen atoms in total. The predicted octanol–water partition coefficient (Wildman–Crippen LogP) is 4.11. The van der Waals surface area contributed by atoms with Gasteiger partial charge in [-0.3, -0.25) is 4.90 Å². The molecule has 4 rings (SSSR count). The Morgan fingerprint density at radius 3 is 2.52 bits per heavy atom. The van der Waals surface area contributed by atoms with Crippen molar-refractivity contribution in [2.45, 2.75) is 52.1 Å². The Hall–Kier alpha value is -2.29. The highest BCUT2D eigenvalue weighted by Crippen LogP contribution is 2.30. The Labute approximate surface area is 200 Å². The van der Waals surface area contributed by atoms with Crippen molar-refractivity contribution in [3.8, 4) is 0 Å². The fourth-order valence-electron chi connectivity index (χ4n) is 4.72. The van der Waals surface area contributed by atoms with Crippen LogP contribution >= 0.6 is 11.6 Å². The van der Waals surface area contributed by atoms with E-state index in [4.69, 9.17) is 17.3 Å². The van der Waals surface area contributed by atoms with Crippen LogP contribution in [0.3, 0.4) is 0 Å². The molecule has 0 radical (unpaired) electrons. The summed E-state index contributed by atoms with van der Waals surface area (Å²) in [6.45, 7) is 10.2. The van der Waals surface area contributed by atoms with Crippen LogP contribution in [0.4, 0.5) is 16.0 Å². The number of rotatable bonds is 6. The van der Waals surface area contributed by atoms with Crippen LogP contribution in [-0.4, -0.2) is 64.5 Å². The van der Waals surface area contributed by atoms with E-state index in [1.807, 2.05) is 17.9 Å². The minimum atomic E-state index is -0.470. The first-order valence-electron chi connectivity index (χ1n) is 11.8. The first kappa shape index (κ1) is 23.9. The van der Waals surface area contributed by atoms with E-state index in [9.17, 15) is 4.39 Å². The summed E-state index contributed by atoms with van der Waals surface area (Å²) in [6.07, 6.45) is 4.18. The van der Waals surface area contributed by atoms with Crippen molar-refractivity contribution in [2.75, 3.05) is 37.6 Å². The normalized spacial score (nSPS) is 18.7. The van der Waals surface area contributed by atoms with Crippen molar-refractivity contribution in [1.82, 2.24) is 19.8 Å². The van der Waals surface area contributed by atoms with Crippen molar-refractivity contribution < 1.29 is 4.39 Å². The second kappa shape index (κ2) is 10.8. The third kappa shape index (κ3) is 5.99. The second-order valence-corrected chi connectivity index (χ2v) is 9.29. The highest BCUT2D eigenvalue weighted by atomic mass is 35.5. The van der Waals surface area contributed by atoms with Crippen LogP contribution in [0.1, 0.15) is 44.0 Å². The monoisotopic (exact) mass is 473 g/mol. The highest BCUT2D eigenvalue weighted by Gasteiger charge is 2.26. The Morgan fingerprint density at radius 1 is 1.15 bits per heavy atom. The standard InChI is InChI=1S/C24H33ClFN7/c1-3-31-10-12-32(13-11-31)16-18-14-17(2)28-24(29-18)30-23(27)33(19-6-4-5-7-19)20-8-9-21(25)22(26)15-20/h8-9,14-15,19H,3-7,10-13,16H2,1-2H3,(H2,27,28,29,30). The third-order valence-corrected chi connectivity index (χ3v) is 6.83. The molecule has 0 bridgehead atoms. The van der Waals surface area contributed by atoms with Crippen LogP contribution in [0.15, 0.2) is 29.3 Å². The molecular weight excluding hydrogens is 441 g/mol. The van der Waals surface area contributed by atoms with Crippen LogP contribution < -0.4 is 10.6 Å². The number of aromatic nitrogens is 2. The van der Waals surface area contributed by atoms with Crippen molar-refractivity contribution >= 4 is 29.2 Å². The molecule has 1 aromatic carbocycles. The summed E-state index contributed by atoms with van der Waals surface area (Å²) in [5.74, 6) is 0.145. The van der Waals surface area contributed by atoms with Crippen LogP contribution in [0.5, 0.6) is 0 Å².